The zero-order valence-electron chi connectivity index (χ0n) is 16.3. The van der Waals surface area contributed by atoms with E-state index in [2.05, 4.69) is 44.7 Å². The lowest BCUT2D eigenvalue weighted by Gasteiger charge is -2.35. The summed E-state index contributed by atoms with van der Waals surface area (Å²) in [5.74, 6) is 0.174. The SMILES string of the molecule is Cc1cc2nc(C)c(CCC(=O)N(C)C(C)C(C)(C)C)c(C)n2n1. The summed E-state index contributed by atoms with van der Waals surface area (Å²) in [6, 6.07) is 2.18. The third-order valence-corrected chi connectivity index (χ3v) is 5.10. The maximum absolute atomic E-state index is 12.6. The second kappa shape index (κ2) is 6.54. The monoisotopic (exact) mass is 330 g/mol. The van der Waals surface area contributed by atoms with Crippen molar-refractivity contribution in [1.82, 2.24) is 19.5 Å². The first-order chi connectivity index (χ1) is 11.0. The molecule has 0 aliphatic rings. The fourth-order valence-corrected chi connectivity index (χ4v) is 3.01. The highest BCUT2D eigenvalue weighted by atomic mass is 16.2. The number of nitrogens with zero attached hydrogens (tertiary/aromatic N) is 4. The number of amides is 1. The van der Waals surface area contributed by atoms with Crippen molar-refractivity contribution < 1.29 is 4.79 Å². The summed E-state index contributed by atoms with van der Waals surface area (Å²) >= 11 is 0. The topological polar surface area (TPSA) is 50.5 Å². The van der Waals surface area contributed by atoms with E-state index in [-0.39, 0.29) is 17.4 Å². The zero-order chi connectivity index (χ0) is 18.2. The number of carbonyl (C=O) groups excluding carboxylic acids is 1. The van der Waals surface area contributed by atoms with Crippen molar-refractivity contribution in [1.29, 1.82) is 0 Å². The molecule has 0 bridgehead atoms. The Morgan fingerprint density at radius 2 is 1.92 bits per heavy atom. The molecule has 1 atom stereocenters. The molecule has 1 unspecified atom stereocenters. The molecule has 0 aromatic carbocycles. The number of carbonyl (C=O) groups is 1. The first-order valence-corrected chi connectivity index (χ1v) is 8.60. The van der Waals surface area contributed by atoms with E-state index in [4.69, 9.17) is 0 Å². The van der Waals surface area contributed by atoms with Crippen LogP contribution in [0.4, 0.5) is 0 Å². The fourth-order valence-electron chi connectivity index (χ4n) is 3.01. The molecule has 1 amide bonds. The molecule has 2 aromatic rings. The average molecular weight is 330 g/mol. The predicted octanol–water partition coefficient (Wildman–Crippen LogP) is 3.48. The van der Waals surface area contributed by atoms with Crippen molar-refractivity contribution in [3.8, 4) is 0 Å². The first-order valence-electron chi connectivity index (χ1n) is 8.60. The van der Waals surface area contributed by atoms with Crippen LogP contribution >= 0.6 is 0 Å². The number of rotatable bonds is 4. The maximum Gasteiger partial charge on any atom is 0.222 e. The van der Waals surface area contributed by atoms with Crippen molar-refractivity contribution in [3.63, 3.8) is 0 Å². The van der Waals surface area contributed by atoms with E-state index in [1.165, 1.54) is 0 Å². The minimum Gasteiger partial charge on any atom is -0.343 e. The Morgan fingerprint density at radius 1 is 1.29 bits per heavy atom. The second-order valence-corrected chi connectivity index (χ2v) is 7.86. The van der Waals surface area contributed by atoms with Gasteiger partial charge in [0.1, 0.15) is 0 Å². The number of fused-ring (bicyclic) bond motifs is 1. The molecule has 0 saturated carbocycles. The quantitative estimate of drug-likeness (QED) is 0.862. The third-order valence-electron chi connectivity index (χ3n) is 5.10. The van der Waals surface area contributed by atoms with Gasteiger partial charge >= 0.3 is 0 Å². The molecule has 0 radical (unpaired) electrons. The van der Waals surface area contributed by atoms with Crippen LogP contribution in [0.1, 0.15) is 56.8 Å². The van der Waals surface area contributed by atoms with E-state index in [0.717, 1.165) is 28.3 Å². The van der Waals surface area contributed by atoms with Gasteiger partial charge in [-0.15, -0.1) is 0 Å². The summed E-state index contributed by atoms with van der Waals surface area (Å²) in [6.45, 7) is 14.6. The molecular weight excluding hydrogens is 300 g/mol. The minimum absolute atomic E-state index is 0.0727. The molecule has 0 fully saturated rings. The lowest BCUT2D eigenvalue weighted by molar-refractivity contribution is -0.133. The highest BCUT2D eigenvalue weighted by Crippen LogP contribution is 2.24. The Hall–Kier alpha value is -1.91. The van der Waals surface area contributed by atoms with Gasteiger partial charge in [0.2, 0.25) is 5.91 Å². The van der Waals surface area contributed by atoms with Gasteiger partial charge in [0.05, 0.1) is 5.69 Å². The predicted molar refractivity (Wildman–Crippen MR) is 97.2 cm³/mol. The first kappa shape index (κ1) is 18.4. The standard InChI is InChI=1S/C19H30N4O/c1-12-11-17-20-13(2)16(14(3)23(17)21-12)9-10-18(24)22(8)15(4)19(5,6)7/h11,15H,9-10H2,1-8H3. The van der Waals surface area contributed by atoms with Gasteiger partial charge in [0.15, 0.2) is 5.65 Å². The van der Waals surface area contributed by atoms with Crippen molar-refractivity contribution in [3.05, 3.63) is 28.7 Å². The second-order valence-electron chi connectivity index (χ2n) is 7.86. The van der Waals surface area contributed by atoms with Crippen molar-refractivity contribution in [2.75, 3.05) is 7.05 Å². The van der Waals surface area contributed by atoms with E-state index < -0.39 is 0 Å². The van der Waals surface area contributed by atoms with Crippen LogP contribution in [-0.2, 0) is 11.2 Å². The molecule has 2 aromatic heterocycles. The highest BCUT2D eigenvalue weighted by Gasteiger charge is 2.27. The highest BCUT2D eigenvalue weighted by molar-refractivity contribution is 5.76. The van der Waals surface area contributed by atoms with Crippen LogP contribution in [0, 0.1) is 26.2 Å². The summed E-state index contributed by atoms with van der Waals surface area (Å²) < 4.78 is 1.88. The van der Waals surface area contributed by atoms with Crippen LogP contribution in [0.25, 0.3) is 5.65 Å². The Labute approximate surface area is 145 Å². The van der Waals surface area contributed by atoms with Gasteiger partial charge in [-0.25, -0.2) is 9.50 Å². The molecule has 5 heteroatoms. The third kappa shape index (κ3) is 3.60. The maximum atomic E-state index is 12.6. The molecule has 5 nitrogen and oxygen atoms in total. The number of hydrogen-bond donors (Lipinski definition) is 0. The van der Waals surface area contributed by atoms with Gasteiger partial charge in [-0.05, 0) is 45.1 Å². The van der Waals surface area contributed by atoms with Gasteiger partial charge in [0.25, 0.3) is 0 Å². The summed E-state index contributed by atoms with van der Waals surface area (Å²) in [6.07, 6.45) is 1.19. The van der Waals surface area contributed by atoms with Gasteiger partial charge in [-0.1, -0.05) is 20.8 Å². The largest absolute Gasteiger partial charge is 0.343 e. The van der Waals surface area contributed by atoms with Crippen LogP contribution in [-0.4, -0.2) is 38.5 Å². The molecular formula is C19H30N4O. The lowest BCUT2D eigenvalue weighted by Crippen LogP contribution is -2.43. The zero-order valence-corrected chi connectivity index (χ0v) is 16.3. The molecule has 0 saturated heterocycles. The van der Waals surface area contributed by atoms with Crippen molar-refractivity contribution in [2.24, 2.45) is 5.41 Å². The summed E-state index contributed by atoms with van der Waals surface area (Å²) in [5, 5.41) is 4.50. The molecule has 2 rings (SSSR count). The molecule has 0 spiro atoms. The van der Waals surface area contributed by atoms with E-state index in [9.17, 15) is 4.79 Å². The van der Waals surface area contributed by atoms with Crippen LogP contribution in [0.3, 0.4) is 0 Å². The summed E-state index contributed by atoms with van der Waals surface area (Å²) in [4.78, 5) is 19.1. The summed E-state index contributed by atoms with van der Waals surface area (Å²) in [7, 11) is 1.90. The van der Waals surface area contributed by atoms with Gasteiger partial charge < -0.3 is 4.90 Å². The van der Waals surface area contributed by atoms with Gasteiger partial charge in [0, 0.05) is 37.0 Å². The number of hydrogen-bond acceptors (Lipinski definition) is 3. The van der Waals surface area contributed by atoms with Crippen molar-refractivity contribution >= 4 is 11.6 Å². The molecule has 24 heavy (non-hydrogen) atoms. The lowest BCUT2D eigenvalue weighted by atomic mass is 9.87. The van der Waals surface area contributed by atoms with Crippen LogP contribution in [0.2, 0.25) is 0 Å². The van der Waals surface area contributed by atoms with E-state index in [1.807, 2.05) is 36.4 Å². The molecule has 2 heterocycles. The van der Waals surface area contributed by atoms with Crippen LogP contribution in [0.15, 0.2) is 6.07 Å². The van der Waals surface area contributed by atoms with Crippen molar-refractivity contribution in [2.45, 2.75) is 67.3 Å². The molecule has 0 aliphatic heterocycles. The Bertz CT molecular complexity index is 755. The molecule has 0 aliphatic carbocycles. The molecule has 0 N–H and O–H groups in total. The van der Waals surface area contributed by atoms with Gasteiger partial charge in [-0.3, -0.25) is 4.79 Å². The Kier molecular flexibility index (Phi) is 5.02. The van der Waals surface area contributed by atoms with Crippen LogP contribution in [0.5, 0.6) is 0 Å². The minimum atomic E-state index is 0.0727. The van der Waals surface area contributed by atoms with Crippen LogP contribution < -0.4 is 0 Å². The number of aromatic nitrogens is 3. The number of aryl methyl sites for hydroxylation is 3. The van der Waals surface area contributed by atoms with E-state index in [0.29, 0.717) is 12.8 Å². The Balaban J connectivity index is 2.17. The Morgan fingerprint density at radius 3 is 2.50 bits per heavy atom. The van der Waals surface area contributed by atoms with E-state index in [1.54, 1.807) is 0 Å². The normalized spacial score (nSPS) is 13.3. The van der Waals surface area contributed by atoms with Gasteiger partial charge in [-0.2, -0.15) is 5.10 Å². The van der Waals surface area contributed by atoms with E-state index >= 15 is 0 Å². The average Bonchev–Trinajstić information content (AvgIpc) is 2.84. The molecule has 132 valence electrons. The summed E-state index contributed by atoms with van der Waals surface area (Å²) in [5.41, 5.74) is 5.08. The smallest absolute Gasteiger partial charge is 0.222 e. The fraction of sp³-hybridized carbons (Fsp3) is 0.632.